The van der Waals surface area contributed by atoms with Crippen LogP contribution in [0.15, 0.2) is 23.1 Å². The summed E-state index contributed by atoms with van der Waals surface area (Å²) >= 11 is 0. The van der Waals surface area contributed by atoms with Crippen molar-refractivity contribution in [2.75, 3.05) is 52.3 Å². The normalized spacial score (nSPS) is 15.2. The van der Waals surface area contributed by atoms with Gasteiger partial charge in [-0.15, -0.1) is 12.4 Å². The number of methoxy groups -OCH3 is 1. The molecular formula is C16H26ClN3O5S. The molecule has 0 atom stereocenters. The van der Waals surface area contributed by atoms with Crippen LogP contribution in [0.5, 0.6) is 5.75 Å². The highest BCUT2D eigenvalue weighted by Gasteiger charge is 2.29. The van der Waals surface area contributed by atoms with Gasteiger partial charge in [0.15, 0.2) is 0 Å². The molecule has 1 aliphatic heterocycles. The van der Waals surface area contributed by atoms with Gasteiger partial charge in [0.05, 0.1) is 20.3 Å². The molecule has 0 aromatic heterocycles. The molecule has 1 saturated heterocycles. The van der Waals surface area contributed by atoms with Crippen molar-refractivity contribution in [3.8, 4) is 5.75 Å². The summed E-state index contributed by atoms with van der Waals surface area (Å²) in [6.07, 6.45) is 1.07. The highest BCUT2D eigenvalue weighted by atomic mass is 35.5. The lowest BCUT2D eigenvalue weighted by Gasteiger charge is -2.26. The summed E-state index contributed by atoms with van der Waals surface area (Å²) in [5, 5.41) is 5.71. The van der Waals surface area contributed by atoms with E-state index >= 15 is 0 Å². The van der Waals surface area contributed by atoms with Crippen molar-refractivity contribution >= 4 is 34.0 Å². The van der Waals surface area contributed by atoms with Crippen molar-refractivity contribution in [3.05, 3.63) is 18.2 Å². The summed E-state index contributed by atoms with van der Waals surface area (Å²) in [7, 11) is -0.473. The average molecular weight is 408 g/mol. The summed E-state index contributed by atoms with van der Waals surface area (Å²) < 4.78 is 37.6. The molecule has 0 radical (unpaired) electrons. The number of carbonyl (C=O) groups excluding carboxylic acids is 1. The fourth-order valence-electron chi connectivity index (χ4n) is 2.53. The third-order valence-electron chi connectivity index (χ3n) is 3.87. The molecule has 1 aliphatic rings. The lowest BCUT2D eigenvalue weighted by Crippen LogP contribution is -2.40. The summed E-state index contributed by atoms with van der Waals surface area (Å²) in [5.74, 6) is 0.0924. The monoisotopic (exact) mass is 407 g/mol. The van der Waals surface area contributed by atoms with Crippen LogP contribution in [0.2, 0.25) is 0 Å². The number of nitrogens with one attached hydrogen (secondary N) is 2. The van der Waals surface area contributed by atoms with Gasteiger partial charge in [-0.1, -0.05) is 0 Å². The minimum Gasteiger partial charge on any atom is -0.495 e. The van der Waals surface area contributed by atoms with Gasteiger partial charge in [0.1, 0.15) is 10.6 Å². The van der Waals surface area contributed by atoms with Crippen LogP contribution in [0.1, 0.15) is 12.8 Å². The smallest absolute Gasteiger partial charge is 0.246 e. The van der Waals surface area contributed by atoms with Crippen LogP contribution in [-0.2, 0) is 19.6 Å². The van der Waals surface area contributed by atoms with E-state index in [1.165, 1.54) is 17.5 Å². The van der Waals surface area contributed by atoms with Crippen LogP contribution < -0.4 is 15.4 Å². The zero-order valence-electron chi connectivity index (χ0n) is 15.0. The predicted molar refractivity (Wildman–Crippen MR) is 102 cm³/mol. The number of nitrogens with zero attached hydrogens (tertiary/aromatic N) is 1. The second kappa shape index (κ2) is 10.7. The summed E-state index contributed by atoms with van der Waals surface area (Å²) in [6.45, 7) is 2.07. The van der Waals surface area contributed by atoms with Crippen molar-refractivity contribution in [2.24, 2.45) is 0 Å². The highest BCUT2D eigenvalue weighted by molar-refractivity contribution is 7.89. The van der Waals surface area contributed by atoms with Crippen LogP contribution in [0.3, 0.4) is 0 Å². The topological polar surface area (TPSA) is 97.0 Å². The van der Waals surface area contributed by atoms with Crippen LogP contribution in [0.4, 0.5) is 5.69 Å². The molecule has 148 valence electrons. The first-order chi connectivity index (χ1) is 12.0. The van der Waals surface area contributed by atoms with Gasteiger partial charge in [0, 0.05) is 25.2 Å². The first-order valence-electron chi connectivity index (χ1n) is 8.19. The zero-order chi connectivity index (χ0) is 18.3. The van der Waals surface area contributed by atoms with Gasteiger partial charge < -0.3 is 20.1 Å². The van der Waals surface area contributed by atoms with E-state index in [0.717, 1.165) is 6.54 Å². The Morgan fingerprint density at radius 3 is 2.62 bits per heavy atom. The quantitative estimate of drug-likeness (QED) is 0.626. The average Bonchev–Trinajstić information content (AvgIpc) is 2.62. The van der Waals surface area contributed by atoms with E-state index in [-0.39, 0.29) is 29.0 Å². The van der Waals surface area contributed by atoms with Crippen molar-refractivity contribution in [2.45, 2.75) is 17.7 Å². The number of carbonyl (C=O) groups is 1. The Morgan fingerprint density at radius 2 is 2.00 bits per heavy atom. The van der Waals surface area contributed by atoms with Gasteiger partial charge in [-0.2, -0.15) is 4.31 Å². The van der Waals surface area contributed by atoms with Crippen molar-refractivity contribution in [1.82, 2.24) is 9.62 Å². The van der Waals surface area contributed by atoms with Crippen molar-refractivity contribution in [3.63, 3.8) is 0 Å². The molecule has 0 aliphatic carbocycles. The highest BCUT2D eigenvalue weighted by Crippen LogP contribution is 2.30. The SMILES string of the molecule is CNCCCC(=O)Nc1ccc(OC)c(S(=O)(=O)N2CCOCC2)c1.Cl. The first-order valence-corrected chi connectivity index (χ1v) is 9.63. The maximum absolute atomic E-state index is 12.9. The second-order valence-corrected chi connectivity index (χ2v) is 7.54. The maximum atomic E-state index is 12.9. The molecular weight excluding hydrogens is 382 g/mol. The Bertz CT molecular complexity index is 693. The van der Waals surface area contributed by atoms with E-state index < -0.39 is 10.0 Å². The Labute approximate surface area is 160 Å². The summed E-state index contributed by atoms with van der Waals surface area (Å²) in [5.41, 5.74) is 0.432. The number of ether oxygens (including phenoxy) is 2. The maximum Gasteiger partial charge on any atom is 0.246 e. The number of anilines is 1. The Balaban J connectivity index is 0.00000338. The molecule has 1 fully saturated rings. The predicted octanol–water partition coefficient (Wildman–Crippen LogP) is 1.08. The molecule has 8 nitrogen and oxygen atoms in total. The van der Waals surface area contributed by atoms with E-state index in [1.807, 2.05) is 7.05 Å². The second-order valence-electron chi connectivity index (χ2n) is 5.64. The lowest BCUT2D eigenvalue weighted by molar-refractivity contribution is -0.116. The van der Waals surface area contributed by atoms with E-state index in [1.54, 1.807) is 12.1 Å². The van der Waals surface area contributed by atoms with Gasteiger partial charge in [-0.05, 0) is 38.2 Å². The molecule has 0 unspecified atom stereocenters. The van der Waals surface area contributed by atoms with Gasteiger partial charge in [0.25, 0.3) is 0 Å². The van der Waals surface area contributed by atoms with E-state index in [0.29, 0.717) is 44.8 Å². The molecule has 0 bridgehead atoms. The molecule has 1 aromatic carbocycles. The third kappa shape index (κ3) is 5.82. The zero-order valence-corrected chi connectivity index (χ0v) is 16.6. The Hall–Kier alpha value is -1.39. The first kappa shape index (κ1) is 22.7. The number of hydrogen-bond donors (Lipinski definition) is 2. The molecule has 2 rings (SSSR count). The van der Waals surface area contributed by atoms with Gasteiger partial charge in [-0.25, -0.2) is 8.42 Å². The Kier molecular flexibility index (Phi) is 9.31. The summed E-state index contributed by atoms with van der Waals surface area (Å²) in [6, 6.07) is 4.63. The van der Waals surface area contributed by atoms with E-state index in [2.05, 4.69) is 10.6 Å². The molecule has 0 spiro atoms. The largest absolute Gasteiger partial charge is 0.495 e. The lowest BCUT2D eigenvalue weighted by atomic mass is 10.2. The van der Waals surface area contributed by atoms with Gasteiger partial charge in [-0.3, -0.25) is 4.79 Å². The number of rotatable bonds is 8. The van der Waals surface area contributed by atoms with E-state index in [9.17, 15) is 13.2 Å². The van der Waals surface area contributed by atoms with Gasteiger partial charge >= 0.3 is 0 Å². The number of hydrogen-bond acceptors (Lipinski definition) is 6. The number of halogens is 1. The van der Waals surface area contributed by atoms with E-state index in [4.69, 9.17) is 9.47 Å². The number of benzene rings is 1. The standard InChI is InChI=1S/C16H25N3O5S.ClH/c1-17-7-3-4-16(20)18-13-5-6-14(23-2)15(12-13)25(21,22)19-8-10-24-11-9-19;/h5-6,12,17H,3-4,7-11H2,1-2H3,(H,18,20);1H. The van der Waals surface area contributed by atoms with Gasteiger partial charge in [0.2, 0.25) is 15.9 Å². The van der Waals surface area contributed by atoms with Crippen LogP contribution in [0, 0.1) is 0 Å². The fraction of sp³-hybridized carbons (Fsp3) is 0.562. The number of morpholine rings is 1. The molecule has 1 heterocycles. The van der Waals surface area contributed by atoms with Crippen molar-refractivity contribution in [1.29, 1.82) is 0 Å². The number of sulfonamides is 1. The molecule has 1 amide bonds. The van der Waals surface area contributed by atoms with Crippen LogP contribution in [0.25, 0.3) is 0 Å². The minimum atomic E-state index is -3.72. The number of amides is 1. The molecule has 26 heavy (non-hydrogen) atoms. The summed E-state index contributed by atoms with van der Waals surface area (Å²) in [4.78, 5) is 12.0. The van der Waals surface area contributed by atoms with Crippen LogP contribution >= 0.6 is 12.4 Å². The minimum absolute atomic E-state index is 0. The fourth-order valence-corrected chi connectivity index (χ4v) is 4.12. The third-order valence-corrected chi connectivity index (χ3v) is 5.79. The Morgan fingerprint density at radius 1 is 1.31 bits per heavy atom. The van der Waals surface area contributed by atoms with Crippen LogP contribution in [-0.4, -0.2) is 65.6 Å². The molecule has 2 N–H and O–H groups in total. The molecule has 1 aromatic rings. The molecule has 0 saturated carbocycles. The molecule has 10 heteroatoms. The van der Waals surface area contributed by atoms with Crippen molar-refractivity contribution < 1.29 is 22.7 Å².